The molecule has 1 aromatic rings. The van der Waals surface area contributed by atoms with Crippen LogP contribution in [0.15, 0.2) is 30.3 Å². The number of benzene rings is 1. The van der Waals surface area contributed by atoms with E-state index in [0.29, 0.717) is 6.42 Å². The number of nitrogens with one attached hydrogen (secondary N) is 1. The van der Waals surface area contributed by atoms with Crippen LogP contribution in [0.3, 0.4) is 0 Å². The summed E-state index contributed by atoms with van der Waals surface area (Å²) in [7, 11) is 0. The van der Waals surface area contributed by atoms with Crippen molar-refractivity contribution in [3.8, 4) is 0 Å². The quantitative estimate of drug-likeness (QED) is 0.890. The highest BCUT2D eigenvalue weighted by molar-refractivity contribution is 5.90. The molecular formula is C15H19NO4. The van der Waals surface area contributed by atoms with E-state index in [-0.39, 0.29) is 5.92 Å². The van der Waals surface area contributed by atoms with Gasteiger partial charge < -0.3 is 15.2 Å². The van der Waals surface area contributed by atoms with Gasteiger partial charge in [-0.05, 0) is 32.8 Å². The number of hydrogen-bond acceptors (Lipinski definition) is 3. The van der Waals surface area contributed by atoms with Gasteiger partial charge in [0.1, 0.15) is 11.1 Å². The standard InChI is InChI=1S/C15H19NO4/c1-14(2,3)20-13(19)16-15(12(17)18)9-11(15)10-7-5-4-6-8-10/h4-8,11H,9H2,1-3H3,(H,16,19)(H,17,18)/t11?,15-/m0/s1. The highest BCUT2D eigenvalue weighted by Crippen LogP contribution is 2.51. The monoisotopic (exact) mass is 277 g/mol. The van der Waals surface area contributed by atoms with Gasteiger partial charge in [-0.3, -0.25) is 0 Å². The van der Waals surface area contributed by atoms with Gasteiger partial charge in [0.2, 0.25) is 0 Å². The van der Waals surface area contributed by atoms with Crippen LogP contribution in [-0.2, 0) is 9.53 Å². The number of carboxylic acids is 1. The fraction of sp³-hybridized carbons (Fsp3) is 0.467. The fourth-order valence-corrected chi connectivity index (χ4v) is 2.26. The van der Waals surface area contributed by atoms with Gasteiger partial charge in [0.05, 0.1) is 0 Å². The van der Waals surface area contributed by atoms with E-state index < -0.39 is 23.2 Å². The van der Waals surface area contributed by atoms with Crippen molar-refractivity contribution in [1.82, 2.24) is 5.32 Å². The lowest BCUT2D eigenvalue weighted by molar-refractivity contribution is -0.140. The van der Waals surface area contributed by atoms with E-state index in [9.17, 15) is 14.7 Å². The number of ether oxygens (including phenoxy) is 1. The second-order valence-electron chi connectivity index (χ2n) is 6.07. The molecule has 1 unspecified atom stereocenters. The highest BCUT2D eigenvalue weighted by atomic mass is 16.6. The molecule has 2 N–H and O–H groups in total. The van der Waals surface area contributed by atoms with Crippen LogP contribution in [0.2, 0.25) is 0 Å². The van der Waals surface area contributed by atoms with Gasteiger partial charge in [-0.25, -0.2) is 9.59 Å². The van der Waals surface area contributed by atoms with E-state index in [0.717, 1.165) is 5.56 Å². The Morgan fingerprint density at radius 1 is 1.30 bits per heavy atom. The van der Waals surface area contributed by atoms with Crippen molar-refractivity contribution >= 4 is 12.1 Å². The second-order valence-corrected chi connectivity index (χ2v) is 6.07. The molecule has 1 amide bonds. The van der Waals surface area contributed by atoms with Crippen molar-refractivity contribution in [3.63, 3.8) is 0 Å². The number of carboxylic acid groups (broad SMARTS) is 1. The summed E-state index contributed by atoms with van der Waals surface area (Å²) in [5.74, 6) is -1.24. The van der Waals surface area contributed by atoms with Crippen molar-refractivity contribution in [1.29, 1.82) is 0 Å². The average molecular weight is 277 g/mol. The molecule has 0 saturated heterocycles. The minimum atomic E-state index is -1.25. The molecule has 0 bridgehead atoms. The Bertz CT molecular complexity index is 520. The SMILES string of the molecule is CC(C)(C)OC(=O)N[C@@]1(C(=O)O)CC1c1ccccc1. The molecule has 2 rings (SSSR count). The third-order valence-corrected chi connectivity index (χ3v) is 3.27. The van der Waals surface area contributed by atoms with Gasteiger partial charge in [-0.2, -0.15) is 0 Å². The fourth-order valence-electron chi connectivity index (χ4n) is 2.26. The van der Waals surface area contributed by atoms with Crippen LogP contribution < -0.4 is 5.32 Å². The Hall–Kier alpha value is -2.04. The first-order chi connectivity index (χ1) is 9.24. The Labute approximate surface area is 117 Å². The molecule has 1 aromatic carbocycles. The lowest BCUT2D eigenvalue weighted by atomic mass is 10.1. The summed E-state index contributed by atoms with van der Waals surface area (Å²) in [6.07, 6.45) is -0.315. The molecule has 0 aromatic heterocycles. The third-order valence-electron chi connectivity index (χ3n) is 3.27. The van der Waals surface area contributed by atoms with E-state index in [1.165, 1.54) is 0 Å². The highest BCUT2D eigenvalue weighted by Gasteiger charge is 2.62. The normalized spacial score (nSPS) is 24.9. The van der Waals surface area contributed by atoms with Crippen molar-refractivity contribution in [2.45, 2.75) is 44.2 Å². The zero-order valence-corrected chi connectivity index (χ0v) is 11.8. The topological polar surface area (TPSA) is 75.6 Å². The summed E-state index contributed by atoms with van der Waals surface area (Å²) in [6, 6.07) is 9.31. The number of rotatable bonds is 3. The number of alkyl carbamates (subject to hydrolysis) is 1. The second kappa shape index (κ2) is 4.81. The Balaban J connectivity index is 2.11. The van der Waals surface area contributed by atoms with Crippen molar-refractivity contribution in [2.24, 2.45) is 0 Å². The summed E-state index contributed by atoms with van der Waals surface area (Å²) in [5, 5.41) is 11.9. The predicted molar refractivity (Wildman–Crippen MR) is 73.5 cm³/mol. The van der Waals surface area contributed by atoms with Crippen LogP contribution in [0.25, 0.3) is 0 Å². The lowest BCUT2D eigenvalue weighted by Crippen LogP contribution is -2.46. The first-order valence-electron chi connectivity index (χ1n) is 6.54. The van der Waals surface area contributed by atoms with E-state index >= 15 is 0 Å². The molecule has 1 aliphatic carbocycles. The molecule has 0 heterocycles. The number of carbonyl (C=O) groups is 2. The van der Waals surface area contributed by atoms with E-state index in [1.54, 1.807) is 20.8 Å². The predicted octanol–water partition coefficient (Wildman–Crippen LogP) is 2.52. The Morgan fingerprint density at radius 3 is 2.40 bits per heavy atom. The molecule has 20 heavy (non-hydrogen) atoms. The van der Waals surface area contributed by atoms with E-state index in [1.807, 2.05) is 30.3 Å². The van der Waals surface area contributed by atoms with Crippen LogP contribution in [-0.4, -0.2) is 28.3 Å². The lowest BCUT2D eigenvalue weighted by Gasteiger charge is -2.22. The van der Waals surface area contributed by atoms with Crippen LogP contribution in [0.1, 0.15) is 38.7 Å². The Morgan fingerprint density at radius 2 is 1.90 bits per heavy atom. The van der Waals surface area contributed by atoms with E-state index in [2.05, 4.69) is 5.32 Å². The summed E-state index contributed by atoms with van der Waals surface area (Å²) in [4.78, 5) is 23.3. The molecule has 108 valence electrons. The Kier molecular flexibility index (Phi) is 3.46. The summed E-state index contributed by atoms with van der Waals surface area (Å²) < 4.78 is 5.13. The van der Waals surface area contributed by atoms with Crippen LogP contribution >= 0.6 is 0 Å². The van der Waals surface area contributed by atoms with Gasteiger partial charge in [0, 0.05) is 5.92 Å². The van der Waals surface area contributed by atoms with Gasteiger partial charge in [-0.15, -0.1) is 0 Å². The summed E-state index contributed by atoms with van der Waals surface area (Å²) in [6.45, 7) is 5.21. The molecule has 1 fully saturated rings. The van der Waals surface area contributed by atoms with Crippen LogP contribution in [0.5, 0.6) is 0 Å². The summed E-state index contributed by atoms with van der Waals surface area (Å²) in [5.41, 5.74) is -0.990. The largest absolute Gasteiger partial charge is 0.479 e. The molecule has 5 heteroatoms. The van der Waals surface area contributed by atoms with Crippen LogP contribution in [0.4, 0.5) is 4.79 Å². The molecule has 0 radical (unpaired) electrons. The third kappa shape index (κ3) is 2.92. The minimum absolute atomic E-state index is 0.214. The average Bonchev–Trinajstić information content (AvgIpc) is 3.03. The maximum Gasteiger partial charge on any atom is 0.408 e. The van der Waals surface area contributed by atoms with Crippen molar-refractivity contribution < 1.29 is 19.4 Å². The zero-order valence-electron chi connectivity index (χ0n) is 11.8. The molecule has 1 saturated carbocycles. The molecule has 5 nitrogen and oxygen atoms in total. The van der Waals surface area contributed by atoms with E-state index in [4.69, 9.17) is 4.74 Å². The van der Waals surface area contributed by atoms with Gasteiger partial charge in [-0.1, -0.05) is 30.3 Å². The van der Waals surface area contributed by atoms with Crippen molar-refractivity contribution in [3.05, 3.63) is 35.9 Å². The van der Waals surface area contributed by atoms with Crippen molar-refractivity contribution in [2.75, 3.05) is 0 Å². The number of amides is 1. The minimum Gasteiger partial charge on any atom is -0.479 e. The number of carbonyl (C=O) groups excluding carboxylic acids is 1. The summed E-state index contributed by atoms with van der Waals surface area (Å²) >= 11 is 0. The van der Waals surface area contributed by atoms with Gasteiger partial charge >= 0.3 is 12.1 Å². The molecular weight excluding hydrogens is 258 g/mol. The smallest absolute Gasteiger partial charge is 0.408 e. The molecule has 0 spiro atoms. The number of hydrogen-bond donors (Lipinski definition) is 2. The molecule has 0 aliphatic heterocycles. The zero-order chi connectivity index (χ0) is 15.0. The molecule has 1 aliphatic rings. The first-order valence-corrected chi connectivity index (χ1v) is 6.54. The van der Waals surface area contributed by atoms with Crippen LogP contribution in [0, 0.1) is 0 Å². The molecule has 2 atom stereocenters. The maximum atomic E-state index is 11.8. The number of aliphatic carboxylic acids is 1. The van der Waals surface area contributed by atoms with Gasteiger partial charge in [0.25, 0.3) is 0 Å². The van der Waals surface area contributed by atoms with Gasteiger partial charge in [0.15, 0.2) is 0 Å². The maximum absolute atomic E-state index is 11.8. The first kappa shape index (κ1) is 14.4.